The average Bonchev–Trinajstić information content (AvgIpc) is 3.43. The Hall–Kier alpha value is -1.85. The normalized spacial score (nSPS) is 18.4. The molecule has 1 amide bonds. The molecule has 0 N–H and O–H groups in total. The molecule has 1 saturated heterocycles. The molecule has 1 aliphatic heterocycles. The molecule has 32 heavy (non-hydrogen) atoms. The Kier molecular flexibility index (Phi) is 7.26. The summed E-state index contributed by atoms with van der Waals surface area (Å²) in [6.45, 7) is 6.01. The number of rotatable bonds is 7. The van der Waals surface area contributed by atoms with Crippen LogP contribution in [0.15, 0.2) is 44.9 Å². The predicted octanol–water partition coefficient (Wildman–Crippen LogP) is 3.78. The van der Waals surface area contributed by atoms with Crippen molar-refractivity contribution >= 4 is 48.8 Å². The number of aromatic nitrogens is 1. The molecule has 2 aromatic heterocycles. The summed E-state index contributed by atoms with van der Waals surface area (Å²) in [4.78, 5) is 18.3. The third-order valence-electron chi connectivity index (χ3n) is 5.50. The lowest BCUT2D eigenvalue weighted by atomic mass is 10.0. The average molecular weight is 494 g/mol. The monoisotopic (exact) mass is 493 g/mol. The fourth-order valence-electron chi connectivity index (χ4n) is 3.92. The van der Waals surface area contributed by atoms with Crippen LogP contribution in [0.3, 0.4) is 0 Å². The maximum absolute atomic E-state index is 13.3. The molecule has 0 aliphatic carbocycles. The van der Waals surface area contributed by atoms with Gasteiger partial charge in [0.1, 0.15) is 10.3 Å². The molecule has 0 spiro atoms. The van der Waals surface area contributed by atoms with Crippen molar-refractivity contribution in [1.29, 1.82) is 0 Å². The molecule has 4 rings (SSSR count). The molecule has 0 saturated carbocycles. The molecule has 0 bridgehead atoms. The highest BCUT2D eigenvalue weighted by Gasteiger charge is 2.38. The summed E-state index contributed by atoms with van der Waals surface area (Å²) < 4.78 is 36.5. The largest absolute Gasteiger partial charge is 0.380 e. The van der Waals surface area contributed by atoms with E-state index in [1.54, 1.807) is 17.5 Å². The number of hydrogen-bond acceptors (Lipinski definition) is 6. The van der Waals surface area contributed by atoms with Crippen molar-refractivity contribution in [3.8, 4) is 0 Å². The number of thiophene rings is 1. The lowest BCUT2D eigenvalue weighted by molar-refractivity contribution is -0.122. The molecule has 0 radical (unpaired) electrons. The molecular formula is C22H27N3O4S3. The van der Waals surface area contributed by atoms with Gasteiger partial charge in [-0.05, 0) is 55.8 Å². The van der Waals surface area contributed by atoms with Crippen LogP contribution in [-0.2, 0) is 26.1 Å². The van der Waals surface area contributed by atoms with Crippen LogP contribution in [0.2, 0.25) is 0 Å². The van der Waals surface area contributed by atoms with Gasteiger partial charge in [0.2, 0.25) is 0 Å². The number of piperidine rings is 1. The Labute approximate surface area is 196 Å². The predicted molar refractivity (Wildman–Crippen MR) is 127 cm³/mol. The third kappa shape index (κ3) is 4.74. The topological polar surface area (TPSA) is 81.0 Å². The fraction of sp³-hybridized carbons (Fsp3) is 0.455. The van der Waals surface area contributed by atoms with Crippen LogP contribution in [0, 0.1) is 6.92 Å². The van der Waals surface area contributed by atoms with Crippen molar-refractivity contribution in [1.82, 2.24) is 8.87 Å². The zero-order valence-electron chi connectivity index (χ0n) is 18.2. The van der Waals surface area contributed by atoms with Crippen LogP contribution in [0.1, 0.15) is 31.7 Å². The first-order valence-corrected chi connectivity index (χ1v) is 13.9. The molecule has 1 atom stereocenters. The zero-order chi connectivity index (χ0) is 22.7. The van der Waals surface area contributed by atoms with E-state index in [-0.39, 0.29) is 4.21 Å². The van der Waals surface area contributed by atoms with Gasteiger partial charge < -0.3 is 9.30 Å². The van der Waals surface area contributed by atoms with E-state index >= 15 is 0 Å². The summed E-state index contributed by atoms with van der Waals surface area (Å²) in [5.74, 6) is -0.404. The second-order valence-corrected chi connectivity index (χ2v) is 11.8. The van der Waals surface area contributed by atoms with Gasteiger partial charge in [-0.2, -0.15) is 9.30 Å². The first-order chi connectivity index (χ1) is 15.4. The van der Waals surface area contributed by atoms with Gasteiger partial charge in [-0.25, -0.2) is 8.42 Å². The number of hydrogen-bond donors (Lipinski definition) is 0. The van der Waals surface area contributed by atoms with Crippen LogP contribution in [0.25, 0.3) is 10.2 Å². The van der Waals surface area contributed by atoms with E-state index in [1.807, 2.05) is 30.5 Å². The van der Waals surface area contributed by atoms with E-state index < -0.39 is 22.0 Å². The second-order valence-electron chi connectivity index (χ2n) is 7.71. The van der Waals surface area contributed by atoms with E-state index in [1.165, 1.54) is 27.0 Å². The Morgan fingerprint density at radius 1 is 1.28 bits per heavy atom. The summed E-state index contributed by atoms with van der Waals surface area (Å²) in [5.41, 5.74) is 2.13. The number of ether oxygens (including phenoxy) is 1. The van der Waals surface area contributed by atoms with Gasteiger partial charge in [0.15, 0.2) is 4.80 Å². The number of fused-ring (bicyclic) bond motifs is 1. The molecule has 3 aromatic rings. The molecule has 172 valence electrons. The van der Waals surface area contributed by atoms with Crippen LogP contribution >= 0.6 is 22.7 Å². The first-order valence-electron chi connectivity index (χ1n) is 10.7. The van der Waals surface area contributed by atoms with Gasteiger partial charge in [-0.15, -0.1) is 11.3 Å². The Morgan fingerprint density at radius 3 is 2.88 bits per heavy atom. The summed E-state index contributed by atoms with van der Waals surface area (Å²) in [6, 6.07) is 8.67. The number of aryl methyl sites for hydroxylation is 1. The lowest BCUT2D eigenvalue weighted by Gasteiger charge is -2.31. The van der Waals surface area contributed by atoms with Crippen molar-refractivity contribution in [2.75, 3.05) is 19.8 Å². The third-order valence-corrected chi connectivity index (χ3v) is 9.83. The molecule has 1 aliphatic rings. The molecule has 1 aromatic carbocycles. The number of carbonyl (C=O) groups excluding carboxylic acids is 1. The summed E-state index contributed by atoms with van der Waals surface area (Å²) in [5, 5.41) is 1.73. The molecule has 1 unspecified atom stereocenters. The quantitative estimate of drug-likeness (QED) is 0.469. The summed E-state index contributed by atoms with van der Waals surface area (Å²) in [6.07, 6.45) is 2.03. The maximum Gasteiger partial charge on any atom is 0.266 e. The maximum atomic E-state index is 13.3. The first kappa shape index (κ1) is 23.3. The van der Waals surface area contributed by atoms with Gasteiger partial charge in [-0.3, -0.25) is 4.79 Å². The number of sulfonamides is 1. The van der Waals surface area contributed by atoms with Crippen LogP contribution in [0.4, 0.5) is 0 Å². The standard InChI is InChI=1S/C22H27N3O4S3/c1-3-29-13-12-24-17-10-9-16(2)15-19(17)31-22(24)23-21(26)18-7-4-5-11-25(18)32(27,28)20-8-6-14-30-20/h6,8-10,14-15,18H,3-5,7,11-13H2,1-2H3. The van der Waals surface area contributed by atoms with Crippen molar-refractivity contribution in [3.05, 3.63) is 46.1 Å². The number of nitrogens with zero attached hydrogens (tertiary/aromatic N) is 3. The smallest absolute Gasteiger partial charge is 0.266 e. The van der Waals surface area contributed by atoms with Crippen molar-refractivity contribution in [3.63, 3.8) is 0 Å². The van der Waals surface area contributed by atoms with Crippen LogP contribution in [-0.4, -0.2) is 49.0 Å². The van der Waals surface area contributed by atoms with Crippen molar-refractivity contribution < 1.29 is 17.9 Å². The number of thiazole rings is 1. The highest BCUT2D eigenvalue weighted by Crippen LogP contribution is 2.28. The van der Waals surface area contributed by atoms with Crippen molar-refractivity contribution in [2.45, 2.75) is 49.9 Å². The fourth-order valence-corrected chi connectivity index (χ4v) is 7.85. The van der Waals surface area contributed by atoms with Gasteiger partial charge in [-0.1, -0.05) is 29.9 Å². The number of benzene rings is 1. The SMILES string of the molecule is CCOCCn1c(=NC(=O)C2CCCCN2S(=O)(=O)c2cccs2)sc2cc(C)ccc21. The molecular weight excluding hydrogens is 466 g/mol. The Balaban J connectivity index is 1.72. The number of carbonyl (C=O) groups is 1. The minimum absolute atomic E-state index is 0.265. The summed E-state index contributed by atoms with van der Waals surface area (Å²) in [7, 11) is -3.72. The van der Waals surface area contributed by atoms with E-state index in [9.17, 15) is 13.2 Å². The van der Waals surface area contributed by atoms with Gasteiger partial charge >= 0.3 is 0 Å². The van der Waals surface area contributed by atoms with Gasteiger partial charge in [0, 0.05) is 19.7 Å². The highest BCUT2D eigenvalue weighted by atomic mass is 32.2. The molecule has 7 nitrogen and oxygen atoms in total. The van der Waals surface area contributed by atoms with Crippen LogP contribution < -0.4 is 4.80 Å². The molecule has 3 heterocycles. The minimum atomic E-state index is -3.72. The second kappa shape index (κ2) is 9.96. The highest BCUT2D eigenvalue weighted by molar-refractivity contribution is 7.91. The Morgan fingerprint density at radius 2 is 2.12 bits per heavy atom. The summed E-state index contributed by atoms with van der Waals surface area (Å²) >= 11 is 2.62. The number of amides is 1. The molecule has 1 fully saturated rings. The lowest BCUT2D eigenvalue weighted by Crippen LogP contribution is -2.47. The van der Waals surface area contributed by atoms with E-state index in [0.29, 0.717) is 37.5 Å². The van der Waals surface area contributed by atoms with Crippen molar-refractivity contribution in [2.24, 2.45) is 4.99 Å². The minimum Gasteiger partial charge on any atom is -0.380 e. The Bertz CT molecular complexity index is 1260. The van der Waals surface area contributed by atoms with E-state index in [0.717, 1.165) is 28.6 Å². The van der Waals surface area contributed by atoms with Gasteiger partial charge in [0.25, 0.3) is 15.9 Å². The van der Waals surface area contributed by atoms with E-state index in [2.05, 4.69) is 11.1 Å². The van der Waals surface area contributed by atoms with Gasteiger partial charge in [0.05, 0.1) is 16.8 Å². The van der Waals surface area contributed by atoms with E-state index in [4.69, 9.17) is 4.74 Å². The zero-order valence-corrected chi connectivity index (χ0v) is 20.6. The van der Waals surface area contributed by atoms with Crippen LogP contribution in [0.5, 0.6) is 0 Å². The molecule has 10 heteroatoms.